The summed E-state index contributed by atoms with van der Waals surface area (Å²) < 4.78 is 9.88. The summed E-state index contributed by atoms with van der Waals surface area (Å²) in [7, 11) is 1.24. The fourth-order valence-corrected chi connectivity index (χ4v) is 1.68. The first-order chi connectivity index (χ1) is 8.22. The van der Waals surface area contributed by atoms with Crippen molar-refractivity contribution in [1.29, 1.82) is 0 Å². The van der Waals surface area contributed by atoms with Gasteiger partial charge in [0.1, 0.15) is 17.9 Å². The van der Waals surface area contributed by atoms with Crippen molar-refractivity contribution in [3.8, 4) is 0 Å². The first kappa shape index (κ1) is 11.4. The highest BCUT2D eigenvalue weighted by Gasteiger charge is 2.28. The SMILES string of the molecule is COC(=O)C1=CO[C@@H](c2ccccc2)CC1=O. The Morgan fingerprint density at radius 1 is 1.35 bits per heavy atom. The van der Waals surface area contributed by atoms with Crippen LogP contribution in [0.3, 0.4) is 0 Å². The number of hydrogen-bond acceptors (Lipinski definition) is 4. The van der Waals surface area contributed by atoms with Crippen molar-refractivity contribution in [2.24, 2.45) is 0 Å². The summed E-state index contributed by atoms with van der Waals surface area (Å²) in [6, 6.07) is 9.42. The zero-order valence-corrected chi connectivity index (χ0v) is 9.38. The Kier molecular flexibility index (Phi) is 3.23. The molecule has 4 heteroatoms. The number of ketones is 1. The van der Waals surface area contributed by atoms with E-state index in [1.54, 1.807) is 0 Å². The molecule has 0 amide bonds. The number of rotatable bonds is 2. The standard InChI is InChI=1S/C13H12O4/c1-16-13(15)10-8-17-12(7-11(10)14)9-5-3-2-4-6-9/h2-6,8,12H,7H2,1H3/t12-/m1/s1. The molecule has 0 aromatic heterocycles. The Labute approximate surface area is 98.8 Å². The van der Waals surface area contributed by atoms with E-state index in [0.29, 0.717) is 0 Å². The molecule has 1 aliphatic heterocycles. The third kappa shape index (κ3) is 2.36. The highest BCUT2D eigenvalue weighted by Crippen LogP contribution is 2.27. The van der Waals surface area contributed by atoms with Crippen LogP contribution in [0.1, 0.15) is 18.1 Å². The van der Waals surface area contributed by atoms with Crippen molar-refractivity contribution >= 4 is 11.8 Å². The number of hydrogen-bond donors (Lipinski definition) is 0. The molecule has 0 saturated heterocycles. The van der Waals surface area contributed by atoms with E-state index >= 15 is 0 Å². The Hall–Kier alpha value is -2.10. The van der Waals surface area contributed by atoms with Crippen LogP contribution < -0.4 is 0 Å². The minimum atomic E-state index is -0.651. The van der Waals surface area contributed by atoms with Gasteiger partial charge in [-0.2, -0.15) is 0 Å². The number of carbonyl (C=O) groups is 2. The number of methoxy groups -OCH3 is 1. The quantitative estimate of drug-likeness (QED) is 0.576. The van der Waals surface area contributed by atoms with Crippen LogP contribution in [0.5, 0.6) is 0 Å². The molecule has 1 aromatic carbocycles. The summed E-state index contributed by atoms with van der Waals surface area (Å²) in [5.74, 6) is -0.904. The number of ether oxygens (including phenoxy) is 2. The van der Waals surface area contributed by atoms with Gasteiger partial charge >= 0.3 is 5.97 Å². The summed E-state index contributed by atoms with van der Waals surface area (Å²) in [4.78, 5) is 23.0. The topological polar surface area (TPSA) is 52.6 Å². The molecule has 88 valence electrons. The summed E-state index contributed by atoms with van der Waals surface area (Å²) in [5, 5.41) is 0. The van der Waals surface area contributed by atoms with Gasteiger partial charge in [-0.25, -0.2) is 4.79 Å². The van der Waals surface area contributed by atoms with Gasteiger partial charge in [-0.3, -0.25) is 4.79 Å². The first-order valence-electron chi connectivity index (χ1n) is 5.24. The maximum absolute atomic E-state index is 11.7. The van der Waals surface area contributed by atoms with E-state index in [1.165, 1.54) is 13.4 Å². The molecule has 0 bridgehead atoms. The Morgan fingerprint density at radius 2 is 2.06 bits per heavy atom. The average Bonchev–Trinajstić information content (AvgIpc) is 2.39. The second kappa shape index (κ2) is 4.82. The van der Waals surface area contributed by atoms with E-state index in [0.717, 1.165) is 5.56 Å². The van der Waals surface area contributed by atoms with Crippen LogP contribution in [0.2, 0.25) is 0 Å². The minimum absolute atomic E-state index is 0.0281. The molecule has 0 spiro atoms. The van der Waals surface area contributed by atoms with E-state index in [2.05, 4.69) is 4.74 Å². The minimum Gasteiger partial charge on any atom is -0.492 e. The van der Waals surface area contributed by atoms with Crippen LogP contribution in [-0.2, 0) is 19.1 Å². The van der Waals surface area contributed by atoms with E-state index in [1.807, 2.05) is 30.3 Å². The van der Waals surface area contributed by atoms with Gasteiger partial charge in [0.05, 0.1) is 13.5 Å². The van der Waals surface area contributed by atoms with Gasteiger partial charge in [0.25, 0.3) is 0 Å². The van der Waals surface area contributed by atoms with Gasteiger partial charge in [0.15, 0.2) is 5.78 Å². The second-order valence-corrected chi connectivity index (χ2v) is 3.69. The van der Waals surface area contributed by atoms with Crippen molar-refractivity contribution in [2.45, 2.75) is 12.5 Å². The highest BCUT2D eigenvalue weighted by atomic mass is 16.5. The van der Waals surface area contributed by atoms with Crippen molar-refractivity contribution in [2.75, 3.05) is 7.11 Å². The summed E-state index contributed by atoms with van der Waals surface area (Å²) >= 11 is 0. The molecule has 0 radical (unpaired) electrons. The number of esters is 1. The molecule has 0 saturated carbocycles. The number of carbonyl (C=O) groups excluding carboxylic acids is 2. The fourth-order valence-electron chi connectivity index (χ4n) is 1.68. The predicted molar refractivity (Wildman–Crippen MR) is 60.0 cm³/mol. The molecule has 0 fully saturated rings. The van der Waals surface area contributed by atoms with Gasteiger partial charge in [-0.05, 0) is 5.56 Å². The molecular formula is C13H12O4. The van der Waals surface area contributed by atoms with Gasteiger partial charge in [-0.1, -0.05) is 30.3 Å². The van der Waals surface area contributed by atoms with Gasteiger partial charge in [0.2, 0.25) is 0 Å². The van der Waals surface area contributed by atoms with Gasteiger partial charge in [-0.15, -0.1) is 0 Å². The summed E-state index contributed by atoms with van der Waals surface area (Å²) in [6.45, 7) is 0. The molecular weight excluding hydrogens is 220 g/mol. The Morgan fingerprint density at radius 3 is 2.65 bits per heavy atom. The van der Waals surface area contributed by atoms with Crippen LogP contribution in [0, 0.1) is 0 Å². The lowest BCUT2D eigenvalue weighted by Gasteiger charge is -2.21. The van der Waals surface area contributed by atoms with Gasteiger partial charge in [0, 0.05) is 0 Å². The smallest absolute Gasteiger partial charge is 0.344 e. The number of benzene rings is 1. The number of Topliss-reactive ketones (excluding diaryl/α,β-unsaturated/α-hetero) is 1. The zero-order valence-electron chi connectivity index (χ0n) is 9.38. The molecule has 4 nitrogen and oxygen atoms in total. The van der Waals surface area contributed by atoms with Crippen molar-refractivity contribution in [1.82, 2.24) is 0 Å². The van der Waals surface area contributed by atoms with Crippen molar-refractivity contribution in [3.05, 3.63) is 47.7 Å². The summed E-state index contributed by atoms with van der Waals surface area (Å²) in [6.07, 6.45) is 1.03. The van der Waals surface area contributed by atoms with Crippen LogP contribution in [0.25, 0.3) is 0 Å². The first-order valence-corrected chi connectivity index (χ1v) is 5.24. The Balaban J connectivity index is 2.17. The van der Waals surface area contributed by atoms with Crippen LogP contribution >= 0.6 is 0 Å². The van der Waals surface area contributed by atoms with Crippen LogP contribution in [-0.4, -0.2) is 18.9 Å². The largest absolute Gasteiger partial charge is 0.492 e. The van der Waals surface area contributed by atoms with E-state index in [-0.39, 0.29) is 23.9 Å². The lowest BCUT2D eigenvalue weighted by molar-refractivity contribution is -0.139. The molecule has 0 N–H and O–H groups in total. The van der Waals surface area contributed by atoms with Crippen LogP contribution in [0.15, 0.2) is 42.2 Å². The second-order valence-electron chi connectivity index (χ2n) is 3.69. The van der Waals surface area contributed by atoms with E-state index in [4.69, 9.17) is 4.74 Å². The van der Waals surface area contributed by atoms with Crippen molar-refractivity contribution in [3.63, 3.8) is 0 Å². The normalized spacial score (nSPS) is 19.2. The molecule has 17 heavy (non-hydrogen) atoms. The Bertz CT molecular complexity index is 462. The maximum atomic E-state index is 11.7. The average molecular weight is 232 g/mol. The lowest BCUT2D eigenvalue weighted by atomic mass is 9.99. The highest BCUT2D eigenvalue weighted by molar-refractivity contribution is 6.17. The molecule has 1 aliphatic rings. The van der Waals surface area contributed by atoms with Crippen LogP contribution in [0.4, 0.5) is 0 Å². The molecule has 1 atom stereocenters. The lowest BCUT2D eigenvalue weighted by Crippen LogP contribution is -2.22. The third-order valence-corrected chi connectivity index (χ3v) is 2.60. The fraction of sp³-hybridized carbons (Fsp3) is 0.231. The molecule has 0 aliphatic carbocycles. The molecule has 0 unspecified atom stereocenters. The van der Waals surface area contributed by atoms with Crippen molar-refractivity contribution < 1.29 is 19.1 Å². The predicted octanol–water partition coefficient (Wildman–Crippen LogP) is 1.77. The van der Waals surface area contributed by atoms with E-state index < -0.39 is 5.97 Å². The van der Waals surface area contributed by atoms with E-state index in [9.17, 15) is 9.59 Å². The summed E-state index contributed by atoms with van der Waals surface area (Å²) in [5.41, 5.74) is 0.890. The molecule has 1 heterocycles. The maximum Gasteiger partial charge on any atom is 0.344 e. The third-order valence-electron chi connectivity index (χ3n) is 2.60. The van der Waals surface area contributed by atoms with Gasteiger partial charge < -0.3 is 9.47 Å². The molecule has 2 rings (SSSR count). The molecule has 1 aromatic rings. The monoisotopic (exact) mass is 232 g/mol. The zero-order chi connectivity index (χ0) is 12.3.